The summed E-state index contributed by atoms with van der Waals surface area (Å²) in [6.07, 6.45) is 0.168. The number of methoxy groups -OCH3 is 2. The van der Waals surface area contributed by atoms with Crippen molar-refractivity contribution < 1.29 is 14.3 Å². The normalized spacial score (nSPS) is 11.9. The number of rotatable bonds is 6. The number of hydrogen-bond acceptors (Lipinski definition) is 4. The van der Waals surface area contributed by atoms with Crippen LogP contribution < -0.4 is 9.54 Å². The van der Waals surface area contributed by atoms with Crippen LogP contribution in [0, 0.1) is 0 Å². The molecular weight excluding hydrogens is 372 g/mol. The van der Waals surface area contributed by atoms with Gasteiger partial charge >= 0.3 is 0 Å². The maximum Gasteiger partial charge on any atom is 0.252 e. The Kier molecular flexibility index (Phi) is 6.08. The first kappa shape index (κ1) is 18.6. The number of ether oxygens (including phenoxy) is 2. The van der Waals surface area contributed by atoms with E-state index in [1.165, 1.54) is 11.3 Å². The van der Waals surface area contributed by atoms with Gasteiger partial charge in [-0.2, -0.15) is 4.99 Å². The van der Waals surface area contributed by atoms with E-state index in [9.17, 15) is 4.79 Å². The standard InChI is InChI=1S/C19H19ClN2O3S/c1-24-10-9-22-16-8-7-14(25-2)12-17(16)26-19(22)21-18(23)11-13-5-3-4-6-15(13)20/h3-8,12H,9-11H2,1-2H3. The Hall–Kier alpha value is -2.15. The molecule has 3 rings (SSSR count). The van der Waals surface area contributed by atoms with Crippen LogP contribution in [0.3, 0.4) is 0 Å². The number of carbonyl (C=O) groups excluding carboxylic acids is 1. The molecular formula is C19H19ClN2O3S. The summed E-state index contributed by atoms with van der Waals surface area (Å²) < 4.78 is 13.5. The minimum atomic E-state index is -0.234. The molecule has 1 heterocycles. The van der Waals surface area contributed by atoms with Crippen molar-refractivity contribution in [2.75, 3.05) is 20.8 Å². The van der Waals surface area contributed by atoms with Crippen LogP contribution in [0.2, 0.25) is 5.02 Å². The smallest absolute Gasteiger partial charge is 0.252 e. The van der Waals surface area contributed by atoms with E-state index in [-0.39, 0.29) is 12.3 Å². The molecule has 0 saturated heterocycles. The molecule has 5 nitrogen and oxygen atoms in total. The van der Waals surface area contributed by atoms with E-state index in [4.69, 9.17) is 21.1 Å². The molecule has 1 amide bonds. The zero-order valence-corrected chi connectivity index (χ0v) is 16.1. The molecule has 7 heteroatoms. The summed E-state index contributed by atoms with van der Waals surface area (Å²) in [6, 6.07) is 13.1. The van der Waals surface area contributed by atoms with Gasteiger partial charge in [0.05, 0.1) is 30.4 Å². The summed E-state index contributed by atoms with van der Waals surface area (Å²) in [5.74, 6) is 0.536. The van der Waals surface area contributed by atoms with Crippen molar-refractivity contribution in [2.45, 2.75) is 13.0 Å². The van der Waals surface area contributed by atoms with Crippen molar-refractivity contribution in [3.8, 4) is 5.75 Å². The van der Waals surface area contributed by atoms with E-state index in [2.05, 4.69) is 4.99 Å². The number of aromatic nitrogens is 1. The molecule has 0 unspecified atom stereocenters. The predicted octanol–water partition coefficient (Wildman–Crippen LogP) is 3.68. The van der Waals surface area contributed by atoms with Crippen LogP contribution in [0.25, 0.3) is 10.2 Å². The molecule has 0 bridgehead atoms. The number of amides is 1. The van der Waals surface area contributed by atoms with Crippen LogP contribution in [-0.4, -0.2) is 31.3 Å². The number of thiazole rings is 1. The molecule has 136 valence electrons. The largest absolute Gasteiger partial charge is 0.497 e. The van der Waals surface area contributed by atoms with Crippen molar-refractivity contribution in [3.63, 3.8) is 0 Å². The average Bonchev–Trinajstić information content (AvgIpc) is 2.97. The molecule has 1 aromatic heterocycles. The number of benzene rings is 2. The zero-order valence-electron chi connectivity index (χ0n) is 14.6. The summed E-state index contributed by atoms with van der Waals surface area (Å²) in [5.41, 5.74) is 1.77. The van der Waals surface area contributed by atoms with Gasteiger partial charge in [-0.15, -0.1) is 0 Å². The highest BCUT2D eigenvalue weighted by Gasteiger charge is 2.10. The number of nitrogens with zero attached hydrogens (tertiary/aromatic N) is 2. The average molecular weight is 391 g/mol. The van der Waals surface area contributed by atoms with Gasteiger partial charge in [-0.25, -0.2) is 0 Å². The van der Waals surface area contributed by atoms with Crippen molar-refractivity contribution in [1.82, 2.24) is 4.57 Å². The van der Waals surface area contributed by atoms with Gasteiger partial charge in [0.1, 0.15) is 5.75 Å². The van der Waals surface area contributed by atoms with Gasteiger partial charge in [0.25, 0.3) is 5.91 Å². The summed E-state index contributed by atoms with van der Waals surface area (Å²) in [7, 11) is 3.28. The fourth-order valence-corrected chi connectivity index (χ4v) is 3.92. The number of hydrogen-bond donors (Lipinski definition) is 0. The molecule has 0 aliphatic heterocycles. The Morgan fingerprint density at radius 2 is 2.04 bits per heavy atom. The van der Waals surface area contributed by atoms with E-state index in [1.807, 2.05) is 41.0 Å². The molecule has 0 fully saturated rings. The highest BCUT2D eigenvalue weighted by Crippen LogP contribution is 2.23. The minimum absolute atomic E-state index is 0.168. The lowest BCUT2D eigenvalue weighted by Gasteiger charge is -2.05. The first-order valence-electron chi connectivity index (χ1n) is 8.09. The Bertz CT molecular complexity index is 994. The molecule has 0 N–H and O–H groups in total. The van der Waals surface area contributed by atoms with Gasteiger partial charge in [0, 0.05) is 18.7 Å². The van der Waals surface area contributed by atoms with E-state index in [1.54, 1.807) is 20.3 Å². The number of fused-ring (bicyclic) bond motifs is 1. The van der Waals surface area contributed by atoms with Crippen LogP contribution in [-0.2, 0) is 22.5 Å². The molecule has 0 aliphatic carbocycles. The first-order valence-corrected chi connectivity index (χ1v) is 9.29. The van der Waals surface area contributed by atoms with Crippen LogP contribution in [0.4, 0.5) is 0 Å². The highest BCUT2D eigenvalue weighted by molar-refractivity contribution is 7.16. The summed E-state index contributed by atoms with van der Waals surface area (Å²) in [4.78, 5) is 17.4. The molecule has 0 saturated carbocycles. The molecule has 26 heavy (non-hydrogen) atoms. The Labute approximate surface area is 160 Å². The first-order chi connectivity index (χ1) is 12.6. The lowest BCUT2D eigenvalue weighted by atomic mass is 10.1. The van der Waals surface area contributed by atoms with E-state index in [0.717, 1.165) is 21.5 Å². The Morgan fingerprint density at radius 1 is 1.23 bits per heavy atom. The number of carbonyl (C=O) groups is 1. The predicted molar refractivity (Wildman–Crippen MR) is 104 cm³/mol. The number of halogens is 1. The Balaban J connectivity index is 2.00. The zero-order chi connectivity index (χ0) is 18.5. The van der Waals surface area contributed by atoms with Crippen LogP contribution >= 0.6 is 22.9 Å². The lowest BCUT2D eigenvalue weighted by molar-refractivity contribution is -0.117. The van der Waals surface area contributed by atoms with Gasteiger partial charge < -0.3 is 14.0 Å². The molecule has 0 atom stereocenters. The maximum absolute atomic E-state index is 12.5. The van der Waals surface area contributed by atoms with E-state index >= 15 is 0 Å². The third-order valence-corrected chi connectivity index (χ3v) is 5.34. The second kappa shape index (κ2) is 8.49. The maximum atomic E-state index is 12.5. The van der Waals surface area contributed by atoms with Gasteiger partial charge in [-0.3, -0.25) is 4.79 Å². The van der Waals surface area contributed by atoms with E-state index in [0.29, 0.717) is 23.0 Å². The summed E-state index contributed by atoms with van der Waals surface area (Å²) in [6.45, 7) is 1.14. The van der Waals surface area contributed by atoms with Gasteiger partial charge in [-0.05, 0) is 29.8 Å². The van der Waals surface area contributed by atoms with Crippen LogP contribution in [0.5, 0.6) is 5.75 Å². The Morgan fingerprint density at radius 3 is 2.77 bits per heavy atom. The summed E-state index contributed by atoms with van der Waals surface area (Å²) in [5, 5.41) is 0.574. The molecule has 2 aromatic carbocycles. The van der Waals surface area contributed by atoms with E-state index < -0.39 is 0 Å². The molecule has 3 aromatic rings. The monoisotopic (exact) mass is 390 g/mol. The fourth-order valence-electron chi connectivity index (χ4n) is 2.62. The minimum Gasteiger partial charge on any atom is -0.497 e. The SMILES string of the molecule is COCCn1c(=NC(=O)Cc2ccccc2Cl)sc2cc(OC)ccc21. The fraction of sp³-hybridized carbons (Fsp3) is 0.263. The van der Waals surface area contributed by atoms with Gasteiger partial charge in [-0.1, -0.05) is 41.1 Å². The highest BCUT2D eigenvalue weighted by atomic mass is 35.5. The van der Waals surface area contributed by atoms with Crippen LogP contribution in [0.15, 0.2) is 47.5 Å². The molecule has 0 radical (unpaired) electrons. The topological polar surface area (TPSA) is 52.8 Å². The summed E-state index contributed by atoms with van der Waals surface area (Å²) >= 11 is 7.60. The van der Waals surface area contributed by atoms with Gasteiger partial charge in [0.15, 0.2) is 4.80 Å². The molecule has 0 spiro atoms. The molecule has 0 aliphatic rings. The third kappa shape index (κ3) is 4.15. The van der Waals surface area contributed by atoms with Crippen LogP contribution in [0.1, 0.15) is 5.56 Å². The van der Waals surface area contributed by atoms with Gasteiger partial charge in [0.2, 0.25) is 0 Å². The van der Waals surface area contributed by atoms with Crippen molar-refractivity contribution in [2.24, 2.45) is 4.99 Å². The van der Waals surface area contributed by atoms with Crippen molar-refractivity contribution >= 4 is 39.1 Å². The second-order valence-electron chi connectivity index (χ2n) is 5.64. The van der Waals surface area contributed by atoms with Crippen molar-refractivity contribution in [1.29, 1.82) is 0 Å². The quantitative estimate of drug-likeness (QED) is 0.645. The third-order valence-electron chi connectivity index (χ3n) is 3.93. The van der Waals surface area contributed by atoms with Crippen molar-refractivity contribution in [3.05, 3.63) is 57.9 Å². The lowest BCUT2D eigenvalue weighted by Crippen LogP contribution is -2.19. The second-order valence-corrected chi connectivity index (χ2v) is 7.05.